The summed E-state index contributed by atoms with van der Waals surface area (Å²) in [5.74, 6) is -0.391. The van der Waals surface area contributed by atoms with Crippen molar-refractivity contribution in [1.29, 1.82) is 0 Å². The van der Waals surface area contributed by atoms with E-state index in [2.05, 4.69) is 10.1 Å². The fraction of sp³-hybridized carbons (Fsp3) is 0.333. The predicted octanol–water partition coefficient (Wildman–Crippen LogP) is 2.83. The van der Waals surface area contributed by atoms with Crippen LogP contribution in [-0.4, -0.2) is 51.4 Å². The van der Waals surface area contributed by atoms with Crippen LogP contribution in [0.3, 0.4) is 0 Å². The molecule has 0 aliphatic heterocycles. The molecule has 0 radical (unpaired) electrons. The van der Waals surface area contributed by atoms with Gasteiger partial charge in [-0.3, -0.25) is 4.79 Å². The molecule has 0 aliphatic carbocycles. The summed E-state index contributed by atoms with van der Waals surface area (Å²) in [5, 5.41) is 2.78. The number of hydrogen-bond donors (Lipinski definition) is 1. The summed E-state index contributed by atoms with van der Waals surface area (Å²) in [4.78, 5) is 23.8. The molecule has 2 aromatic carbocycles. The highest BCUT2D eigenvalue weighted by atomic mass is 32.2. The molecule has 2 aromatic rings. The molecule has 0 aliphatic rings. The van der Waals surface area contributed by atoms with Crippen molar-refractivity contribution in [2.75, 3.05) is 26.1 Å². The third-order valence-corrected chi connectivity index (χ3v) is 6.60. The first-order valence-electron chi connectivity index (χ1n) is 9.26. The van der Waals surface area contributed by atoms with Crippen molar-refractivity contribution in [2.45, 2.75) is 31.7 Å². The largest absolute Gasteiger partial charge is 0.482 e. The third kappa shape index (κ3) is 5.58. The van der Waals surface area contributed by atoms with Crippen molar-refractivity contribution in [2.24, 2.45) is 0 Å². The Labute approximate surface area is 176 Å². The molecule has 0 spiro atoms. The van der Waals surface area contributed by atoms with Gasteiger partial charge in [-0.15, -0.1) is 0 Å². The van der Waals surface area contributed by atoms with Gasteiger partial charge in [-0.25, -0.2) is 13.2 Å². The van der Waals surface area contributed by atoms with E-state index in [1.807, 2.05) is 0 Å². The summed E-state index contributed by atoms with van der Waals surface area (Å²) >= 11 is 0. The van der Waals surface area contributed by atoms with E-state index in [9.17, 15) is 18.0 Å². The van der Waals surface area contributed by atoms with Gasteiger partial charge in [-0.2, -0.15) is 4.31 Å². The Morgan fingerprint density at radius 1 is 1.10 bits per heavy atom. The molecule has 162 valence electrons. The maximum absolute atomic E-state index is 12.5. The van der Waals surface area contributed by atoms with Gasteiger partial charge in [0.2, 0.25) is 10.0 Å². The SMILES string of the molecule is COC(=O)COc1ccc(NC(=O)c2ccc(S(=O)(=O)N(C)C(C)C)cc2)c(C)c1. The predicted molar refractivity (Wildman–Crippen MR) is 113 cm³/mol. The second-order valence-corrected chi connectivity index (χ2v) is 8.93. The quantitative estimate of drug-likeness (QED) is 0.641. The van der Waals surface area contributed by atoms with Crippen LogP contribution in [0.1, 0.15) is 29.8 Å². The number of rotatable bonds is 8. The van der Waals surface area contributed by atoms with Crippen LogP contribution in [0.5, 0.6) is 5.75 Å². The lowest BCUT2D eigenvalue weighted by molar-refractivity contribution is -0.142. The average Bonchev–Trinajstić information content (AvgIpc) is 2.72. The molecular weight excluding hydrogens is 408 g/mol. The van der Waals surface area contributed by atoms with Crippen molar-refractivity contribution < 1.29 is 27.5 Å². The molecule has 0 aromatic heterocycles. The van der Waals surface area contributed by atoms with Gasteiger partial charge in [0, 0.05) is 24.3 Å². The fourth-order valence-electron chi connectivity index (χ4n) is 2.48. The maximum atomic E-state index is 12.5. The molecule has 0 heterocycles. The Hall–Kier alpha value is -2.91. The van der Waals surface area contributed by atoms with E-state index < -0.39 is 16.0 Å². The molecule has 2 rings (SSSR count). The molecule has 9 heteroatoms. The number of esters is 1. The van der Waals surface area contributed by atoms with E-state index in [0.29, 0.717) is 17.0 Å². The highest BCUT2D eigenvalue weighted by molar-refractivity contribution is 7.89. The number of amides is 1. The summed E-state index contributed by atoms with van der Waals surface area (Å²) in [6, 6.07) is 10.6. The number of nitrogens with one attached hydrogen (secondary N) is 1. The minimum absolute atomic E-state index is 0.124. The number of anilines is 1. The van der Waals surface area contributed by atoms with Gasteiger partial charge in [0.1, 0.15) is 5.75 Å². The zero-order chi connectivity index (χ0) is 22.5. The highest BCUT2D eigenvalue weighted by Crippen LogP contribution is 2.23. The van der Waals surface area contributed by atoms with Gasteiger partial charge in [-0.1, -0.05) is 0 Å². The number of benzene rings is 2. The van der Waals surface area contributed by atoms with Crippen LogP contribution < -0.4 is 10.1 Å². The van der Waals surface area contributed by atoms with Crippen molar-refractivity contribution in [3.63, 3.8) is 0 Å². The van der Waals surface area contributed by atoms with E-state index in [1.165, 1.54) is 42.7 Å². The number of sulfonamides is 1. The topological polar surface area (TPSA) is 102 Å². The van der Waals surface area contributed by atoms with E-state index in [0.717, 1.165) is 5.56 Å². The van der Waals surface area contributed by atoms with E-state index in [-0.39, 0.29) is 23.5 Å². The lowest BCUT2D eigenvalue weighted by atomic mass is 10.1. The molecular formula is C21H26N2O6S. The molecule has 0 atom stereocenters. The lowest BCUT2D eigenvalue weighted by Crippen LogP contribution is -2.33. The molecule has 0 fully saturated rings. The summed E-state index contributed by atoms with van der Waals surface area (Å²) in [5.41, 5.74) is 1.64. The number of methoxy groups -OCH3 is 1. The number of aryl methyl sites for hydroxylation is 1. The summed E-state index contributed by atoms with van der Waals surface area (Å²) < 4.78 is 36.2. The van der Waals surface area contributed by atoms with Crippen molar-refractivity contribution in [3.8, 4) is 5.75 Å². The standard InChI is InChI=1S/C21H26N2O6S/c1-14(2)23(4)30(26,27)18-9-6-16(7-10-18)21(25)22-19-11-8-17(12-15(19)3)29-13-20(24)28-5/h6-12,14H,13H2,1-5H3,(H,22,25). The Balaban J connectivity index is 2.10. The minimum Gasteiger partial charge on any atom is -0.482 e. The van der Waals surface area contributed by atoms with Crippen molar-refractivity contribution in [1.82, 2.24) is 4.31 Å². The molecule has 0 unspecified atom stereocenters. The average molecular weight is 435 g/mol. The first kappa shape index (κ1) is 23.4. The van der Waals surface area contributed by atoms with Crippen LogP contribution in [0, 0.1) is 6.92 Å². The summed E-state index contributed by atoms with van der Waals surface area (Å²) in [7, 11) is -0.816. The van der Waals surface area contributed by atoms with Crippen LogP contribution in [0.4, 0.5) is 5.69 Å². The van der Waals surface area contributed by atoms with E-state index >= 15 is 0 Å². The Bertz CT molecular complexity index is 1020. The summed E-state index contributed by atoms with van der Waals surface area (Å²) in [6.07, 6.45) is 0. The normalized spacial score (nSPS) is 11.4. The fourth-order valence-corrected chi connectivity index (χ4v) is 3.85. The monoisotopic (exact) mass is 434 g/mol. The lowest BCUT2D eigenvalue weighted by Gasteiger charge is -2.21. The number of carbonyl (C=O) groups excluding carboxylic acids is 2. The molecule has 8 nitrogen and oxygen atoms in total. The van der Waals surface area contributed by atoms with Gasteiger partial charge in [-0.05, 0) is 68.8 Å². The van der Waals surface area contributed by atoms with Gasteiger partial charge >= 0.3 is 5.97 Å². The second-order valence-electron chi connectivity index (χ2n) is 6.94. The van der Waals surface area contributed by atoms with Gasteiger partial charge in [0.15, 0.2) is 6.61 Å². The Morgan fingerprint density at radius 2 is 1.73 bits per heavy atom. The number of ether oxygens (including phenoxy) is 2. The first-order chi connectivity index (χ1) is 14.1. The summed E-state index contributed by atoms with van der Waals surface area (Å²) in [6.45, 7) is 5.15. The second kappa shape index (κ2) is 9.73. The highest BCUT2D eigenvalue weighted by Gasteiger charge is 2.23. The Morgan fingerprint density at radius 3 is 2.27 bits per heavy atom. The van der Waals surface area contributed by atoms with Gasteiger partial charge in [0.05, 0.1) is 12.0 Å². The van der Waals surface area contributed by atoms with Crippen LogP contribution in [0.15, 0.2) is 47.4 Å². The van der Waals surface area contributed by atoms with Crippen molar-refractivity contribution >= 4 is 27.6 Å². The minimum atomic E-state index is -3.61. The van der Waals surface area contributed by atoms with E-state index in [1.54, 1.807) is 39.0 Å². The maximum Gasteiger partial charge on any atom is 0.343 e. The molecule has 1 amide bonds. The third-order valence-electron chi connectivity index (χ3n) is 4.55. The van der Waals surface area contributed by atoms with Crippen LogP contribution in [0.25, 0.3) is 0 Å². The van der Waals surface area contributed by atoms with Crippen LogP contribution in [-0.2, 0) is 19.6 Å². The number of hydrogen-bond acceptors (Lipinski definition) is 6. The van der Waals surface area contributed by atoms with E-state index in [4.69, 9.17) is 4.74 Å². The first-order valence-corrected chi connectivity index (χ1v) is 10.7. The smallest absolute Gasteiger partial charge is 0.343 e. The zero-order valence-corrected chi connectivity index (χ0v) is 18.4. The van der Waals surface area contributed by atoms with Crippen LogP contribution in [0.2, 0.25) is 0 Å². The molecule has 1 N–H and O–H groups in total. The number of carbonyl (C=O) groups is 2. The number of nitrogens with zero attached hydrogens (tertiary/aromatic N) is 1. The molecule has 0 saturated heterocycles. The van der Waals surface area contributed by atoms with Gasteiger partial charge in [0.25, 0.3) is 5.91 Å². The Kier molecular flexibility index (Phi) is 7.58. The van der Waals surface area contributed by atoms with Crippen LogP contribution >= 0.6 is 0 Å². The zero-order valence-electron chi connectivity index (χ0n) is 17.6. The molecule has 0 bridgehead atoms. The van der Waals surface area contributed by atoms with Crippen molar-refractivity contribution in [3.05, 3.63) is 53.6 Å². The molecule has 0 saturated carbocycles. The van der Waals surface area contributed by atoms with Gasteiger partial charge < -0.3 is 14.8 Å². The molecule has 30 heavy (non-hydrogen) atoms.